The Kier molecular flexibility index (Phi) is 23.4. The van der Waals surface area contributed by atoms with Crippen LogP contribution < -0.4 is 5.32 Å². The maximum atomic E-state index is 8.19. The van der Waals surface area contributed by atoms with E-state index >= 15 is 0 Å². The summed E-state index contributed by atoms with van der Waals surface area (Å²) in [6.45, 7) is 8.79. The van der Waals surface area contributed by atoms with Crippen molar-refractivity contribution in [2.75, 3.05) is 7.05 Å². The van der Waals surface area contributed by atoms with E-state index in [-0.39, 0.29) is 7.43 Å². The molecule has 0 radical (unpaired) electrons. The van der Waals surface area contributed by atoms with Gasteiger partial charge in [-0.3, -0.25) is 15.0 Å². The van der Waals surface area contributed by atoms with Gasteiger partial charge in [0.15, 0.2) is 5.69 Å². The molecule has 2 heterocycles. The highest BCUT2D eigenvalue weighted by Crippen LogP contribution is 1.86. The van der Waals surface area contributed by atoms with Gasteiger partial charge in [-0.05, 0) is 7.05 Å². The molecule has 2 rings (SSSR count). The van der Waals surface area contributed by atoms with Crippen molar-refractivity contribution < 1.29 is 0 Å². The zero-order valence-corrected chi connectivity index (χ0v) is 13.4. The molecular formula is C16H28N6. The van der Waals surface area contributed by atoms with Crippen molar-refractivity contribution in [1.29, 1.82) is 5.26 Å². The van der Waals surface area contributed by atoms with Crippen LogP contribution in [0, 0.1) is 11.3 Å². The molecular weight excluding hydrogens is 276 g/mol. The number of rotatable bonds is 2. The summed E-state index contributed by atoms with van der Waals surface area (Å²) in [5.41, 5.74) is 1.33. The van der Waals surface area contributed by atoms with Crippen LogP contribution in [-0.4, -0.2) is 27.0 Å². The molecule has 1 N–H and O–H groups in total. The molecule has 0 amide bonds. The molecule has 6 heteroatoms. The lowest BCUT2D eigenvalue weighted by atomic mass is 10.4. The van der Waals surface area contributed by atoms with Crippen molar-refractivity contribution >= 4 is 0 Å². The third kappa shape index (κ3) is 14.0. The van der Waals surface area contributed by atoms with Gasteiger partial charge >= 0.3 is 0 Å². The second kappa shape index (κ2) is 20.9. The van der Waals surface area contributed by atoms with E-state index in [1.165, 1.54) is 18.6 Å². The Bertz CT molecular complexity index is 453. The monoisotopic (exact) mass is 304 g/mol. The van der Waals surface area contributed by atoms with Crippen LogP contribution in [0.5, 0.6) is 0 Å². The van der Waals surface area contributed by atoms with Gasteiger partial charge in [-0.25, -0.2) is 4.98 Å². The van der Waals surface area contributed by atoms with Crippen LogP contribution in [-0.2, 0) is 6.54 Å². The number of nitrogens with one attached hydrogen (secondary N) is 1. The molecule has 0 aliphatic heterocycles. The van der Waals surface area contributed by atoms with Gasteiger partial charge in [-0.1, -0.05) is 35.1 Å². The van der Waals surface area contributed by atoms with Crippen LogP contribution in [0.2, 0.25) is 0 Å². The summed E-state index contributed by atoms with van der Waals surface area (Å²) in [5.74, 6) is 0. The number of nitriles is 1. The number of aromatic nitrogens is 4. The molecule has 0 unspecified atom stereocenters. The lowest BCUT2D eigenvalue weighted by Gasteiger charge is -1.94. The molecule has 0 saturated carbocycles. The van der Waals surface area contributed by atoms with Crippen molar-refractivity contribution in [2.24, 2.45) is 0 Å². The van der Waals surface area contributed by atoms with E-state index in [1.807, 2.05) is 40.8 Å². The summed E-state index contributed by atoms with van der Waals surface area (Å²) < 4.78 is 0. The maximum absolute atomic E-state index is 8.19. The molecule has 0 fully saturated rings. The van der Waals surface area contributed by atoms with E-state index in [4.69, 9.17) is 5.26 Å². The first-order valence-electron chi connectivity index (χ1n) is 6.92. The standard InChI is InChI=1S/C6H9N3.C5H3N3.2C2H6.CH4/c1-7-4-6-5-8-2-3-9-6;6-3-5-4-7-1-2-8-5;2*1-2;/h2-3,5,7H,4H2,1H3;1-2,4H;2*1-2H3;1H4. The van der Waals surface area contributed by atoms with Gasteiger partial charge in [0, 0.05) is 37.5 Å². The minimum Gasteiger partial charge on any atom is -0.314 e. The number of nitrogens with zero attached hydrogens (tertiary/aromatic N) is 5. The van der Waals surface area contributed by atoms with Crippen LogP contribution in [0.1, 0.15) is 46.5 Å². The molecule has 0 bridgehead atoms. The smallest absolute Gasteiger partial charge is 0.158 e. The fourth-order valence-corrected chi connectivity index (χ4v) is 0.959. The fraction of sp³-hybridized carbons (Fsp3) is 0.438. The second-order valence-electron chi connectivity index (χ2n) is 2.93. The first kappa shape index (κ1) is 24.6. The third-order valence-corrected chi connectivity index (χ3v) is 1.65. The van der Waals surface area contributed by atoms with Crippen molar-refractivity contribution in [3.8, 4) is 6.07 Å². The zero-order valence-electron chi connectivity index (χ0n) is 13.4. The molecule has 0 aliphatic carbocycles. The van der Waals surface area contributed by atoms with Crippen molar-refractivity contribution in [1.82, 2.24) is 25.3 Å². The average Bonchev–Trinajstić information content (AvgIpc) is 2.61. The molecule has 0 aromatic carbocycles. The molecule has 22 heavy (non-hydrogen) atoms. The summed E-state index contributed by atoms with van der Waals surface area (Å²) in [6.07, 6.45) is 9.53. The lowest BCUT2D eigenvalue weighted by molar-refractivity contribution is 0.784. The Morgan fingerprint density at radius 2 is 1.50 bits per heavy atom. The van der Waals surface area contributed by atoms with Gasteiger partial charge in [-0.15, -0.1) is 0 Å². The van der Waals surface area contributed by atoms with E-state index in [0.29, 0.717) is 5.69 Å². The highest BCUT2D eigenvalue weighted by Gasteiger charge is 1.86. The first-order chi connectivity index (χ1) is 10.4. The Hall–Kier alpha value is -2.39. The topological polar surface area (TPSA) is 87.4 Å². The average molecular weight is 304 g/mol. The highest BCUT2D eigenvalue weighted by molar-refractivity contribution is 5.13. The van der Waals surface area contributed by atoms with Gasteiger partial charge < -0.3 is 5.32 Å². The summed E-state index contributed by atoms with van der Waals surface area (Å²) in [5, 5.41) is 11.2. The van der Waals surface area contributed by atoms with Gasteiger partial charge in [0.1, 0.15) is 6.07 Å². The quantitative estimate of drug-likeness (QED) is 0.916. The van der Waals surface area contributed by atoms with Gasteiger partial charge in [0.05, 0.1) is 11.9 Å². The van der Waals surface area contributed by atoms with E-state index in [9.17, 15) is 0 Å². The lowest BCUT2D eigenvalue weighted by Crippen LogP contribution is -2.06. The number of hydrogen-bond donors (Lipinski definition) is 1. The predicted molar refractivity (Wildman–Crippen MR) is 91.0 cm³/mol. The van der Waals surface area contributed by atoms with Crippen molar-refractivity contribution in [3.63, 3.8) is 0 Å². The molecule has 0 spiro atoms. The Balaban J connectivity index is -0.000000259. The Morgan fingerprint density at radius 1 is 0.955 bits per heavy atom. The van der Waals surface area contributed by atoms with E-state index < -0.39 is 0 Å². The van der Waals surface area contributed by atoms with Crippen LogP contribution in [0.25, 0.3) is 0 Å². The van der Waals surface area contributed by atoms with Crippen molar-refractivity contribution in [2.45, 2.75) is 41.7 Å². The summed E-state index contributed by atoms with van der Waals surface area (Å²) in [7, 11) is 1.88. The minimum absolute atomic E-state index is 0. The molecule has 0 atom stereocenters. The fourth-order valence-electron chi connectivity index (χ4n) is 0.959. The summed E-state index contributed by atoms with van der Waals surface area (Å²) in [6, 6.07) is 1.85. The number of hydrogen-bond acceptors (Lipinski definition) is 6. The van der Waals surface area contributed by atoms with Crippen LogP contribution in [0.15, 0.2) is 37.2 Å². The largest absolute Gasteiger partial charge is 0.314 e. The molecule has 2 aromatic heterocycles. The van der Waals surface area contributed by atoms with Gasteiger partial charge in [-0.2, -0.15) is 5.26 Å². The van der Waals surface area contributed by atoms with Crippen LogP contribution in [0.4, 0.5) is 0 Å². The molecule has 0 aliphatic rings. The van der Waals surface area contributed by atoms with E-state index in [2.05, 4.69) is 25.3 Å². The summed E-state index contributed by atoms with van der Waals surface area (Å²) in [4.78, 5) is 15.3. The minimum atomic E-state index is 0. The molecule has 0 saturated heterocycles. The molecule has 2 aromatic rings. The first-order valence-corrected chi connectivity index (χ1v) is 6.92. The third-order valence-electron chi connectivity index (χ3n) is 1.65. The zero-order chi connectivity index (χ0) is 16.3. The normalized spacial score (nSPS) is 7.27. The van der Waals surface area contributed by atoms with Crippen LogP contribution in [0.3, 0.4) is 0 Å². The van der Waals surface area contributed by atoms with E-state index in [1.54, 1.807) is 18.6 Å². The maximum Gasteiger partial charge on any atom is 0.158 e. The Morgan fingerprint density at radius 3 is 1.82 bits per heavy atom. The van der Waals surface area contributed by atoms with Gasteiger partial charge in [0.25, 0.3) is 0 Å². The molecule has 6 nitrogen and oxygen atoms in total. The van der Waals surface area contributed by atoms with Gasteiger partial charge in [0.2, 0.25) is 0 Å². The van der Waals surface area contributed by atoms with Crippen LogP contribution >= 0.6 is 0 Å². The Labute approximate surface area is 134 Å². The van der Waals surface area contributed by atoms with Crippen molar-refractivity contribution in [3.05, 3.63) is 48.6 Å². The predicted octanol–water partition coefficient (Wildman–Crippen LogP) is 3.23. The second-order valence-corrected chi connectivity index (χ2v) is 2.93. The highest BCUT2D eigenvalue weighted by atomic mass is 14.9. The molecule has 122 valence electrons. The van der Waals surface area contributed by atoms with E-state index in [0.717, 1.165) is 12.2 Å². The summed E-state index contributed by atoms with van der Waals surface area (Å²) >= 11 is 0. The SMILES string of the molecule is C.CC.CC.CNCc1cnccn1.N#Cc1cnccn1.